The van der Waals surface area contributed by atoms with Crippen LogP contribution < -0.4 is 15.5 Å². The van der Waals surface area contributed by atoms with Gasteiger partial charge in [0.1, 0.15) is 5.75 Å². The van der Waals surface area contributed by atoms with E-state index in [0.717, 1.165) is 11.1 Å². The molecule has 9 heteroatoms. The number of para-hydroxylation sites is 1. The molecule has 0 unspecified atom stereocenters. The normalized spacial score (nSPS) is 13.6. The highest BCUT2D eigenvalue weighted by Crippen LogP contribution is 2.16. The highest BCUT2D eigenvalue weighted by atomic mass is 16.5. The largest absolute Gasteiger partial charge is 0.483 e. The molecule has 0 atom stereocenters. The molecule has 1 aliphatic heterocycles. The van der Waals surface area contributed by atoms with Crippen molar-refractivity contribution < 1.29 is 23.9 Å². The molecule has 0 aromatic heterocycles. The third kappa shape index (κ3) is 6.92. The van der Waals surface area contributed by atoms with Crippen LogP contribution in [-0.4, -0.2) is 61.7 Å². The molecule has 2 N–H and O–H groups in total. The number of aryl methyl sites for hydroxylation is 1. The Morgan fingerprint density at radius 1 is 1.06 bits per heavy atom. The number of hydrogen-bond donors (Lipinski definition) is 2. The molecule has 2 aromatic rings. The molecular formula is C23H26N4O5. The average Bonchev–Trinajstić information content (AvgIpc) is 2.83. The van der Waals surface area contributed by atoms with E-state index in [0.29, 0.717) is 37.6 Å². The molecule has 0 aliphatic carbocycles. The van der Waals surface area contributed by atoms with Gasteiger partial charge in [0.25, 0.3) is 5.91 Å². The summed E-state index contributed by atoms with van der Waals surface area (Å²) in [5.74, 6) is -1.35. The first-order chi connectivity index (χ1) is 15.5. The smallest absolute Gasteiger partial charge is 0.329 e. The summed E-state index contributed by atoms with van der Waals surface area (Å²) in [4.78, 5) is 37.8. The molecule has 3 rings (SSSR count). The van der Waals surface area contributed by atoms with E-state index in [1.165, 1.54) is 6.21 Å². The summed E-state index contributed by atoms with van der Waals surface area (Å²) < 4.78 is 10.9. The van der Waals surface area contributed by atoms with E-state index in [1.54, 1.807) is 29.2 Å². The van der Waals surface area contributed by atoms with Crippen molar-refractivity contribution in [1.29, 1.82) is 0 Å². The lowest BCUT2D eigenvalue weighted by Crippen LogP contribution is -2.43. The Bertz CT molecular complexity index is 969. The van der Waals surface area contributed by atoms with Gasteiger partial charge in [-0.2, -0.15) is 5.10 Å². The maximum atomic E-state index is 12.3. The molecule has 168 valence electrons. The van der Waals surface area contributed by atoms with Gasteiger partial charge in [-0.3, -0.25) is 14.4 Å². The van der Waals surface area contributed by atoms with Crippen molar-refractivity contribution in [3.8, 4) is 5.75 Å². The van der Waals surface area contributed by atoms with Gasteiger partial charge in [-0.05, 0) is 24.6 Å². The van der Waals surface area contributed by atoms with Crippen molar-refractivity contribution in [2.75, 3.05) is 32.9 Å². The van der Waals surface area contributed by atoms with E-state index in [4.69, 9.17) is 9.47 Å². The Balaban J connectivity index is 1.48. The molecule has 1 fully saturated rings. The van der Waals surface area contributed by atoms with Crippen molar-refractivity contribution in [2.45, 2.75) is 13.5 Å². The molecule has 0 saturated carbocycles. The van der Waals surface area contributed by atoms with Gasteiger partial charge in [-0.1, -0.05) is 42.0 Å². The molecule has 0 spiro atoms. The number of carbonyl (C=O) groups is 3. The summed E-state index contributed by atoms with van der Waals surface area (Å²) in [6, 6.07) is 14.6. The van der Waals surface area contributed by atoms with Crippen molar-refractivity contribution >= 4 is 23.9 Å². The van der Waals surface area contributed by atoms with Gasteiger partial charge in [0.2, 0.25) is 0 Å². The van der Waals surface area contributed by atoms with E-state index >= 15 is 0 Å². The number of hydrogen-bond acceptors (Lipinski definition) is 6. The number of rotatable bonds is 7. The summed E-state index contributed by atoms with van der Waals surface area (Å²) in [5.41, 5.74) is 4.75. The third-order valence-electron chi connectivity index (χ3n) is 4.78. The van der Waals surface area contributed by atoms with Gasteiger partial charge in [0.05, 0.1) is 19.4 Å². The Labute approximate surface area is 186 Å². The van der Waals surface area contributed by atoms with Crippen LogP contribution >= 0.6 is 0 Å². The first kappa shape index (κ1) is 23.0. The second-order valence-corrected chi connectivity index (χ2v) is 7.19. The zero-order valence-electron chi connectivity index (χ0n) is 17.9. The molecule has 9 nitrogen and oxygen atoms in total. The lowest BCUT2D eigenvalue weighted by Gasteiger charge is -2.26. The van der Waals surface area contributed by atoms with Crippen LogP contribution in [0.15, 0.2) is 53.6 Å². The van der Waals surface area contributed by atoms with E-state index in [-0.39, 0.29) is 19.1 Å². The quantitative estimate of drug-likeness (QED) is 0.381. The number of morpholine rings is 1. The fourth-order valence-corrected chi connectivity index (χ4v) is 2.94. The lowest BCUT2D eigenvalue weighted by molar-refractivity contribution is -0.139. The number of nitrogens with one attached hydrogen (secondary N) is 2. The topological polar surface area (TPSA) is 109 Å². The molecule has 1 saturated heterocycles. The van der Waals surface area contributed by atoms with E-state index in [9.17, 15) is 14.4 Å². The van der Waals surface area contributed by atoms with Crippen LogP contribution in [0, 0.1) is 6.92 Å². The maximum absolute atomic E-state index is 12.3. The van der Waals surface area contributed by atoms with Crippen molar-refractivity contribution in [3.63, 3.8) is 0 Å². The van der Waals surface area contributed by atoms with Crippen molar-refractivity contribution in [1.82, 2.24) is 15.6 Å². The Kier molecular flexibility index (Phi) is 8.33. The van der Waals surface area contributed by atoms with Gasteiger partial charge >= 0.3 is 11.8 Å². The summed E-state index contributed by atoms with van der Waals surface area (Å²) in [5, 5.41) is 6.37. The van der Waals surface area contributed by atoms with E-state index in [2.05, 4.69) is 15.8 Å². The zero-order chi connectivity index (χ0) is 22.8. The number of ether oxygens (including phenoxy) is 2. The predicted molar refractivity (Wildman–Crippen MR) is 118 cm³/mol. The second kappa shape index (κ2) is 11.6. The first-order valence-electron chi connectivity index (χ1n) is 10.3. The predicted octanol–water partition coefficient (Wildman–Crippen LogP) is 0.999. The molecule has 1 aliphatic rings. The van der Waals surface area contributed by atoms with Crippen LogP contribution in [0.25, 0.3) is 0 Å². The molecule has 1 heterocycles. The first-order valence-corrected chi connectivity index (χ1v) is 10.3. The molecule has 2 aromatic carbocycles. The van der Waals surface area contributed by atoms with Crippen LogP contribution in [0.2, 0.25) is 0 Å². The summed E-state index contributed by atoms with van der Waals surface area (Å²) in [6.07, 6.45) is 1.36. The number of nitrogens with zero attached hydrogens (tertiary/aromatic N) is 2. The molecule has 3 amide bonds. The standard InChI is InChI=1S/C23H26N4O5/c1-17-6-8-18(9-7-17)14-24-22(29)23(30)26-25-15-19-4-2-3-5-20(19)32-16-21(28)27-10-12-31-13-11-27/h2-9,15H,10-14,16H2,1H3,(H,24,29)(H,26,30)/b25-15-. The average molecular weight is 438 g/mol. The zero-order valence-corrected chi connectivity index (χ0v) is 17.9. The minimum atomic E-state index is -0.880. The van der Waals surface area contributed by atoms with Gasteiger partial charge in [-0.25, -0.2) is 5.43 Å². The number of hydrazone groups is 1. The van der Waals surface area contributed by atoms with Crippen LogP contribution in [0.4, 0.5) is 0 Å². The molecular weight excluding hydrogens is 412 g/mol. The third-order valence-corrected chi connectivity index (χ3v) is 4.78. The lowest BCUT2D eigenvalue weighted by atomic mass is 10.1. The Hall–Kier alpha value is -3.72. The number of amides is 3. The molecule has 32 heavy (non-hydrogen) atoms. The van der Waals surface area contributed by atoms with Crippen LogP contribution in [0.5, 0.6) is 5.75 Å². The maximum Gasteiger partial charge on any atom is 0.329 e. The van der Waals surface area contributed by atoms with Crippen LogP contribution in [-0.2, 0) is 25.7 Å². The number of benzene rings is 2. The van der Waals surface area contributed by atoms with E-state index < -0.39 is 11.8 Å². The van der Waals surface area contributed by atoms with Gasteiger partial charge in [0.15, 0.2) is 6.61 Å². The highest BCUT2D eigenvalue weighted by Gasteiger charge is 2.17. The Morgan fingerprint density at radius 3 is 2.53 bits per heavy atom. The molecule has 0 radical (unpaired) electrons. The minimum absolute atomic E-state index is 0.112. The Morgan fingerprint density at radius 2 is 1.78 bits per heavy atom. The van der Waals surface area contributed by atoms with Crippen LogP contribution in [0.3, 0.4) is 0 Å². The summed E-state index contributed by atoms with van der Waals surface area (Å²) in [7, 11) is 0. The van der Waals surface area contributed by atoms with E-state index in [1.807, 2.05) is 31.2 Å². The summed E-state index contributed by atoms with van der Waals surface area (Å²) >= 11 is 0. The second-order valence-electron chi connectivity index (χ2n) is 7.19. The van der Waals surface area contributed by atoms with Crippen molar-refractivity contribution in [3.05, 3.63) is 65.2 Å². The van der Waals surface area contributed by atoms with Gasteiger partial charge < -0.3 is 19.7 Å². The van der Waals surface area contributed by atoms with Crippen molar-refractivity contribution in [2.24, 2.45) is 5.10 Å². The minimum Gasteiger partial charge on any atom is -0.483 e. The fraction of sp³-hybridized carbons (Fsp3) is 0.304. The van der Waals surface area contributed by atoms with Gasteiger partial charge in [-0.15, -0.1) is 0 Å². The highest BCUT2D eigenvalue weighted by molar-refractivity contribution is 6.35. The summed E-state index contributed by atoms with van der Waals surface area (Å²) in [6.45, 7) is 4.23. The van der Waals surface area contributed by atoms with Crippen LogP contribution in [0.1, 0.15) is 16.7 Å². The number of carbonyl (C=O) groups excluding carboxylic acids is 3. The SMILES string of the molecule is Cc1ccc(CNC(=O)C(=O)N/N=C\c2ccccc2OCC(=O)N2CCOCC2)cc1. The van der Waals surface area contributed by atoms with Gasteiger partial charge in [0, 0.05) is 25.2 Å². The fourth-order valence-electron chi connectivity index (χ4n) is 2.94. The monoisotopic (exact) mass is 438 g/mol. The molecule has 0 bridgehead atoms.